The molecule has 90 valence electrons. The molecular weight excluding hydrogens is 230 g/mol. The largest absolute Gasteiger partial charge is 0.497 e. The summed E-state index contributed by atoms with van der Waals surface area (Å²) in [6.45, 7) is 0. The van der Waals surface area contributed by atoms with Crippen LogP contribution in [0.2, 0.25) is 0 Å². The number of fused-ring (bicyclic) bond motifs is 1. The Hall–Kier alpha value is -2.56. The molecule has 2 N–H and O–H groups in total. The van der Waals surface area contributed by atoms with Crippen LogP contribution in [0, 0.1) is 0 Å². The standard InChI is InChI=1S/C13H11N3O2/c1-18-9-4-2-3-8(5-9)10-6-14-12-11(10)15-7-16-13(12)17/h2-7,14H,1H3,(H,15,16,17). The van der Waals surface area contributed by atoms with Crippen molar-refractivity contribution in [2.45, 2.75) is 0 Å². The molecule has 0 aliphatic rings. The van der Waals surface area contributed by atoms with E-state index in [9.17, 15) is 4.79 Å². The van der Waals surface area contributed by atoms with Crippen LogP contribution in [0.5, 0.6) is 5.75 Å². The average Bonchev–Trinajstić information content (AvgIpc) is 2.84. The monoisotopic (exact) mass is 241 g/mol. The van der Waals surface area contributed by atoms with E-state index in [1.165, 1.54) is 6.33 Å². The molecule has 18 heavy (non-hydrogen) atoms. The van der Waals surface area contributed by atoms with E-state index >= 15 is 0 Å². The van der Waals surface area contributed by atoms with Gasteiger partial charge in [0.15, 0.2) is 0 Å². The van der Waals surface area contributed by atoms with E-state index < -0.39 is 0 Å². The highest BCUT2D eigenvalue weighted by Gasteiger charge is 2.09. The maximum absolute atomic E-state index is 11.6. The molecule has 3 rings (SSSR count). The molecule has 1 aromatic carbocycles. The Morgan fingerprint density at radius 1 is 1.28 bits per heavy atom. The zero-order valence-electron chi connectivity index (χ0n) is 9.73. The Morgan fingerprint density at radius 3 is 3.00 bits per heavy atom. The third kappa shape index (κ3) is 1.57. The number of nitrogens with zero attached hydrogens (tertiary/aromatic N) is 1. The number of ether oxygens (including phenoxy) is 1. The Morgan fingerprint density at radius 2 is 2.17 bits per heavy atom. The number of aromatic amines is 2. The van der Waals surface area contributed by atoms with Gasteiger partial charge in [-0.15, -0.1) is 0 Å². The lowest BCUT2D eigenvalue weighted by Crippen LogP contribution is -2.05. The van der Waals surface area contributed by atoms with Crippen LogP contribution in [-0.4, -0.2) is 22.1 Å². The number of benzene rings is 1. The van der Waals surface area contributed by atoms with Crippen molar-refractivity contribution in [3.8, 4) is 16.9 Å². The van der Waals surface area contributed by atoms with Gasteiger partial charge in [-0.05, 0) is 17.7 Å². The summed E-state index contributed by atoms with van der Waals surface area (Å²) < 4.78 is 5.19. The van der Waals surface area contributed by atoms with Gasteiger partial charge in [-0.2, -0.15) is 0 Å². The van der Waals surface area contributed by atoms with Gasteiger partial charge < -0.3 is 14.7 Å². The molecule has 0 spiro atoms. The molecule has 0 aliphatic heterocycles. The SMILES string of the molecule is COc1cccc(-c2c[nH]c3c(=O)[nH]cnc23)c1. The van der Waals surface area contributed by atoms with Crippen molar-refractivity contribution < 1.29 is 4.74 Å². The first kappa shape index (κ1) is 10.6. The second-order valence-electron chi connectivity index (χ2n) is 3.89. The summed E-state index contributed by atoms with van der Waals surface area (Å²) in [7, 11) is 1.62. The van der Waals surface area contributed by atoms with Gasteiger partial charge in [0.2, 0.25) is 0 Å². The fraction of sp³-hybridized carbons (Fsp3) is 0.0769. The molecule has 0 aliphatic carbocycles. The number of H-pyrrole nitrogens is 2. The topological polar surface area (TPSA) is 70.8 Å². The van der Waals surface area contributed by atoms with Crippen LogP contribution < -0.4 is 10.3 Å². The molecule has 5 heteroatoms. The van der Waals surface area contributed by atoms with Gasteiger partial charge in [0.05, 0.1) is 13.4 Å². The molecule has 2 heterocycles. The number of hydrogen-bond donors (Lipinski definition) is 2. The van der Waals surface area contributed by atoms with E-state index in [1.807, 2.05) is 24.3 Å². The predicted molar refractivity (Wildman–Crippen MR) is 68.7 cm³/mol. The summed E-state index contributed by atoms with van der Waals surface area (Å²) in [6.07, 6.45) is 3.18. The normalized spacial score (nSPS) is 10.7. The molecule has 0 saturated carbocycles. The highest BCUT2D eigenvalue weighted by molar-refractivity contribution is 5.91. The van der Waals surface area contributed by atoms with Gasteiger partial charge in [-0.25, -0.2) is 4.98 Å². The minimum Gasteiger partial charge on any atom is -0.497 e. The Kier molecular flexibility index (Phi) is 2.37. The van der Waals surface area contributed by atoms with E-state index in [4.69, 9.17) is 4.74 Å². The maximum atomic E-state index is 11.6. The van der Waals surface area contributed by atoms with Gasteiger partial charge in [0.25, 0.3) is 5.56 Å². The molecule has 0 unspecified atom stereocenters. The second-order valence-corrected chi connectivity index (χ2v) is 3.89. The van der Waals surface area contributed by atoms with E-state index in [-0.39, 0.29) is 5.56 Å². The number of rotatable bonds is 2. The van der Waals surface area contributed by atoms with Crippen LogP contribution in [0.15, 0.2) is 41.6 Å². The molecule has 3 aromatic rings. The highest BCUT2D eigenvalue weighted by Crippen LogP contribution is 2.27. The smallest absolute Gasteiger partial charge is 0.275 e. The first-order valence-corrected chi connectivity index (χ1v) is 5.49. The molecule has 0 bridgehead atoms. The van der Waals surface area contributed by atoms with Gasteiger partial charge in [0.1, 0.15) is 16.8 Å². The van der Waals surface area contributed by atoms with E-state index in [1.54, 1.807) is 13.3 Å². The summed E-state index contributed by atoms with van der Waals surface area (Å²) in [5.41, 5.74) is 2.81. The zero-order valence-corrected chi connectivity index (χ0v) is 9.73. The van der Waals surface area contributed by atoms with Gasteiger partial charge >= 0.3 is 0 Å². The van der Waals surface area contributed by atoms with Crippen LogP contribution in [-0.2, 0) is 0 Å². The summed E-state index contributed by atoms with van der Waals surface area (Å²) in [4.78, 5) is 21.3. The molecule has 0 saturated heterocycles. The van der Waals surface area contributed by atoms with Crippen molar-refractivity contribution in [1.29, 1.82) is 0 Å². The quantitative estimate of drug-likeness (QED) is 0.720. The van der Waals surface area contributed by atoms with E-state index in [0.717, 1.165) is 16.9 Å². The zero-order chi connectivity index (χ0) is 12.5. The Bertz CT molecular complexity index is 758. The minimum absolute atomic E-state index is 0.172. The Labute approximate surface area is 102 Å². The fourth-order valence-corrected chi connectivity index (χ4v) is 1.96. The lowest BCUT2D eigenvalue weighted by molar-refractivity contribution is 0.415. The van der Waals surface area contributed by atoms with Crippen LogP contribution >= 0.6 is 0 Å². The van der Waals surface area contributed by atoms with E-state index in [0.29, 0.717) is 11.0 Å². The summed E-state index contributed by atoms with van der Waals surface area (Å²) >= 11 is 0. The molecule has 0 atom stereocenters. The van der Waals surface area contributed by atoms with Crippen LogP contribution in [0.4, 0.5) is 0 Å². The predicted octanol–water partition coefficient (Wildman–Crippen LogP) is 1.93. The van der Waals surface area contributed by atoms with Crippen molar-refractivity contribution >= 4 is 11.0 Å². The van der Waals surface area contributed by atoms with Crippen molar-refractivity contribution in [2.75, 3.05) is 7.11 Å². The van der Waals surface area contributed by atoms with Gasteiger partial charge in [-0.3, -0.25) is 4.79 Å². The van der Waals surface area contributed by atoms with Crippen molar-refractivity contribution in [3.63, 3.8) is 0 Å². The number of nitrogens with one attached hydrogen (secondary N) is 2. The van der Waals surface area contributed by atoms with Gasteiger partial charge in [0, 0.05) is 11.8 Å². The first-order valence-electron chi connectivity index (χ1n) is 5.49. The molecule has 0 radical (unpaired) electrons. The lowest BCUT2D eigenvalue weighted by atomic mass is 10.1. The fourth-order valence-electron chi connectivity index (χ4n) is 1.96. The molecule has 2 aromatic heterocycles. The number of aromatic nitrogens is 3. The summed E-state index contributed by atoms with van der Waals surface area (Å²) in [5, 5.41) is 0. The van der Waals surface area contributed by atoms with Crippen LogP contribution in [0.25, 0.3) is 22.2 Å². The molecule has 0 amide bonds. The summed E-state index contributed by atoms with van der Waals surface area (Å²) in [6, 6.07) is 7.64. The van der Waals surface area contributed by atoms with Crippen LogP contribution in [0.3, 0.4) is 0 Å². The maximum Gasteiger partial charge on any atom is 0.275 e. The minimum atomic E-state index is -0.172. The van der Waals surface area contributed by atoms with Crippen LogP contribution in [0.1, 0.15) is 0 Å². The highest BCUT2D eigenvalue weighted by atomic mass is 16.5. The van der Waals surface area contributed by atoms with Crippen molar-refractivity contribution in [1.82, 2.24) is 15.0 Å². The molecule has 0 fully saturated rings. The summed E-state index contributed by atoms with van der Waals surface area (Å²) in [5.74, 6) is 0.770. The lowest BCUT2D eigenvalue weighted by Gasteiger charge is -2.02. The third-order valence-corrected chi connectivity index (χ3v) is 2.85. The molecule has 5 nitrogen and oxygen atoms in total. The average molecular weight is 241 g/mol. The second kappa shape index (κ2) is 4.03. The van der Waals surface area contributed by atoms with E-state index in [2.05, 4.69) is 15.0 Å². The number of methoxy groups -OCH3 is 1. The van der Waals surface area contributed by atoms with Gasteiger partial charge in [-0.1, -0.05) is 12.1 Å². The van der Waals surface area contributed by atoms with Crippen molar-refractivity contribution in [3.05, 3.63) is 47.1 Å². The van der Waals surface area contributed by atoms with Crippen molar-refractivity contribution in [2.24, 2.45) is 0 Å². The third-order valence-electron chi connectivity index (χ3n) is 2.85. The number of hydrogen-bond acceptors (Lipinski definition) is 3. The Balaban J connectivity index is 2.25. The first-order chi connectivity index (χ1) is 8.79. The molecular formula is C13H11N3O2.